The van der Waals surface area contributed by atoms with Gasteiger partial charge in [0.25, 0.3) is 0 Å². The van der Waals surface area contributed by atoms with E-state index in [1.807, 2.05) is 25.1 Å². The molecule has 1 aliphatic rings. The first-order valence-electron chi connectivity index (χ1n) is 6.55. The lowest BCUT2D eigenvalue weighted by atomic mass is 10.1. The van der Waals surface area contributed by atoms with Crippen LogP contribution in [0.2, 0.25) is 0 Å². The molecule has 1 fully saturated rings. The van der Waals surface area contributed by atoms with E-state index in [0.29, 0.717) is 29.5 Å². The number of aromatic nitrogens is 3. The molecular weight excluding hydrogens is 254 g/mol. The number of hydrogen-bond acceptors (Lipinski definition) is 5. The van der Waals surface area contributed by atoms with E-state index in [-0.39, 0.29) is 6.10 Å². The molecule has 3 heterocycles. The molecule has 1 unspecified atom stereocenters. The fourth-order valence-corrected chi connectivity index (χ4v) is 2.40. The Hall–Kier alpha value is -2.39. The van der Waals surface area contributed by atoms with Gasteiger partial charge >= 0.3 is 0 Å². The van der Waals surface area contributed by atoms with Crippen molar-refractivity contribution in [3.05, 3.63) is 35.2 Å². The van der Waals surface area contributed by atoms with Crippen LogP contribution in [0.1, 0.15) is 35.9 Å². The zero-order valence-electron chi connectivity index (χ0n) is 11.2. The molecule has 2 aromatic heterocycles. The van der Waals surface area contributed by atoms with Crippen molar-refractivity contribution in [2.45, 2.75) is 25.9 Å². The monoisotopic (exact) mass is 269 g/mol. The molecule has 1 atom stereocenters. The summed E-state index contributed by atoms with van der Waals surface area (Å²) in [4.78, 5) is 4.39. The van der Waals surface area contributed by atoms with Gasteiger partial charge in [0.2, 0.25) is 0 Å². The third-order valence-corrected chi connectivity index (χ3v) is 3.39. The van der Waals surface area contributed by atoms with E-state index in [2.05, 4.69) is 16.2 Å². The van der Waals surface area contributed by atoms with Crippen LogP contribution < -0.4 is 5.73 Å². The highest BCUT2D eigenvalue weighted by Crippen LogP contribution is 2.32. The Morgan fingerprint density at radius 3 is 3.00 bits per heavy atom. The van der Waals surface area contributed by atoms with E-state index in [1.165, 1.54) is 4.68 Å². The second kappa shape index (κ2) is 4.94. The first-order valence-corrected chi connectivity index (χ1v) is 6.55. The summed E-state index contributed by atoms with van der Waals surface area (Å²) >= 11 is 0. The van der Waals surface area contributed by atoms with Crippen LogP contribution in [0, 0.1) is 18.3 Å². The number of ether oxygens (including phenoxy) is 1. The average molecular weight is 269 g/mol. The van der Waals surface area contributed by atoms with Gasteiger partial charge in [-0.2, -0.15) is 15.0 Å². The fraction of sp³-hybridized carbons (Fsp3) is 0.357. The number of hydrogen-bond donors (Lipinski definition) is 1. The molecule has 6 nitrogen and oxygen atoms in total. The summed E-state index contributed by atoms with van der Waals surface area (Å²) in [5.41, 5.74) is 7.92. The fourth-order valence-electron chi connectivity index (χ4n) is 2.40. The Kier molecular flexibility index (Phi) is 3.12. The summed E-state index contributed by atoms with van der Waals surface area (Å²) in [5.74, 6) is 0.930. The van der Waals surface area contributed by atoms with Crippen LogP contribution in [0.4, 0.5) is 5.82 Å². The van der Waals surface area contributed by atoms with E-state index in [0.717, 1.165) is 18.5 Å². The predicted octanol–water partition coefficient (Wildman–Crippen LogP) is 1.88. The molecule has 0 saturated carbocycles. The van der Waals surface area contributed by atoms with Crippen LogP contribution >= 0.6 is 0 Å². The van der Waals surface area contributed by atoms with E-state index in [4.69, 9.17) is 10.5 Å². The zero-order chi connectivity index (χ0) is 14.1. The highest BCUT2D eigenvalue weighted by molar-refractivity contribution is 5.55. The van der Waals surface area contributed by atoms with Crippen molar-refractivity contribution in [2.24, 2.45) is 0 Å². The molecule has 2 aromatic rings. The standard InChI is InChI=1S/C14H15N5O/c1-9-4-2-6-12(17-9)19-14(16)10(8-15)13(18-19)11-5-3-7-20-11/h2,4,6,11H,3,5,7,16H2,1H3. The summed E-state index contributed by atoms with van der Waals surface area (Å²) in [5, 5.41) is 13.8. The molecule has 0 bridgehead atoms. The Bertz CT molecular complexity index is 679. The number of aryl methyl sites for hydroxylation is 1. The summed E-state index contributed by atoms with van der Waals surface area (Å²) < 4.78 is 7.12. The molecule has 3 rings (SSSR count). The SMILES string of the molecule is Cc1cccc(-n2nc(C3CCCO3)c(C#N)c2N)n1. The van der Waals surface area contributed by atoms with E-state index >= 15 is 0 Å². The topological polar surface area (TPSA) is 89.8 Å². The highest BCUT2D eigenvalue weighted by Gasteiger charge is 2.27. The van der Waals surface area contributed by atoms with Crippen molar-refractivity contribution in [1.82, 2.24) is 14.8 Å². The highest BCUT2D eigenvalue weighted by atomic mass is 16.5. The van der Waals surface area contributed by atoms with Crippen molar-refractivity contribution >= 4 is 5.82 Å². The van der Waals surface area contributed by atoms with Gasteiger partial charge in [-0.05, 0) is 31.9 Å². The summed E-state index contributed by atoms with van der Waals surface area (Å²) in [6.45, 7) is 2.60. The predicted molar refractivity (Wildman–Crippen MR) is 73.2 cm³/mol. The van der Waals surface area contributed by atoms with Gasteiger partial charge in [0.1, 0.15) is 29.2 Å². The van der Waals surface area contributed by atoms with Crippen LogP contribution in [0.3, 0.4) is 0 Å². The second-order valence-corrected chi connectivity index (χ2v) is 4.81. The van der Waals surface area contributed by atoms with Crippen molar-refractivity contribution < 1.29 is 4.74 Å². The van der Waals surface area contributed by atoms with Gasteiger partial charge in [-0.1, -0.05) is 6.07 Å². The van der Waals surface area contributed by atoms with Crippen LogP contribution in [0.25, 0.3) is 5.82 Å². The first-order chi connectivity index (χ1) is 9.70. The summed E-state index contributed by atoms with van der Waals surface area (Å²) in [6.07, 6.45) is 1.70. The second-order valence-electron chi connectivity index (χ2n) is 4.81. The van der Waals surface area contributed by atoms with Gasteiger partial charge in [-0.25, -0.2) is 4.98 Å². The molecule has 20 heavy (non-hydrogen) atoms. The number of pyridine rings is 1. The molecule has 102 valence electrons. The van der Waals surface area contributed by atoms with E-state index in [1.54, 1.807) is 0 Å². The zero-order valence-corrected chi connectivity index (χ0v) is 11.2. The third kappa shape index (κ3) is 2.02. The molecule has 0 aliphatic carbocycles. The van der Waals surface area contributed by atoms with Gasteiger partial charge in [0, 0.05) is 12.3 Å². The molecule has 0 radical (unpaired) electrons. The number of rotatable bonds is 2. The minimum atomic E-state index is -0.141. The van der Waals surface area contributed by atoms with Crippen molar-refractivity contribution in [1.29, 1.82) is 5.26 Å². The minimum absolute atomic E-state index is 0.141. The molecule has 0 aromatic carbocycles. The average Bonchev–Trinajstić information content (AvgIpc) is 3.05. The lowest BCUT2D eigenvalue weighted by molar-refractivity contribution is 0.108. The molecule has 0 spiro atoms. The molecule has 6 heteroatoms. The number of nitriles is 1. The van der Waals surface area contributed by atoms with Crippen LogP contribution in [0.5, 0.6) is 0 Å². The van der Waals surface area contributed by atoms with Gasteiger partial charge < -0.3 is 10.5 Å². The Balaban J connectivity index is 2.11. The Labute approximate surface area is 116 Å². The smallest absolute Gasteiger partial charge is 0.156 e. The van der Waals surface area contributed by atoms with Crippen LogP contribution in [-0.4, -0.2) is 21.4 Å². The van der Waals surface area contributed by atoms with Crippen molar-refractivity contribution in [3.8, 4) is 11.9 Å². The summed E-state index contributed by atoms with van der Waals surface area (Å²) in [7, 11) is 0. The van der Waals surface area contributed by atoms with E-state index < -0.39 is 0 Å². The van der Waals surface area contributed by atoms with Crippen LogP contribution in [0.15, 0.2) is 18.2 Å². The third-order valence-electron chi connectivity index (χ3n) is 3.39. The molecule has 1 saturated heterocycles. The number of anilines is 1. The lowest BCUT2D eigenvalue weighted by Gasteiger charge is -2.05. The minimum Gasteiger partial charge on any atom is -0.382 e. The molecule has 0 amide bonds. The van der Waals surface area contributed by atoms with E-state index in [9.17, 15) is 5.26 Å². The molecule has 2 N–H and O–H groups in total. The Morgan fingerprint density at radius 1 is 1.50 bits per heavy atom. The number of nitrogens with two attached hydrogens (primary N) is 1. The van der Waals surface area contributed by atoms with Gasteiger partial charge in [-0.3, -0.25) is 0 Å². The molecule has 1 aliphatic heterocycles. The van der Waals surface area contributed by atoms with Gasteiger partial charge in [-0.15, -0.1) is 0 Å². The number of nitrogen functional groups attached to an aromatic ring is 1. The largest absolute Gasteiger partial charge is 0.382 e. The van der Waals surface area contributed by atoms with Gasteiger partial charge in [0.15, 0.2) is 5.82 Å². The normalized spacial score (nSPS) is 18.1. The van der Waals surface area contributed by atoms with Crippen molar-refractivity contribution in [2.75, 3.05) is 12.3 Å². The Morgan fingerprint density at radius 2 is 2.35 bits per heavy atom. The molecular formula is C14H15N5O. The van der Waals surface area contributed by atoms with Gasteiger partial charge in [0.05, 0.1) is 0 Å². The first kappa shape index (κ1) is 12.6. The number of nitrogens with zero attached hydrogens (tertiary/aromatic N) is 4. The lowest BCUT2D eigenvalue weighted by Crippen LogP contribution is -2.05. The van der Waals surface area contributed by atoms with Crippen LogP contribution in [-0.2, 0) is 4.74 Å². The van der Waals surface area contributed by atoms with Crippen molar-refractivity contribution in [3.63, 3.8) is 0 Å². The maximum atomic E-state index is 9.32. The maximum Gasteiger partial charge on any atom is 0.156 e. The quantitative estimate of drug-likeness (QED) is 0.899. The summed E-state index contributed by atoms with van der Waals surface area (Å²) in [6, 6.07) is 7.73. The maximum absolute atomic E-state index is 9.32.